The molecule has 1 aromatic rings. The van der Waals surface area contributed by atoms with E-state index >= 15 is 0 Å². The number of nitrogens with one attached hydrogen (secondary N) is 1. The number of carbonyl (C=O) groups is 2. The minimum Gasteiger partial charge on any atom is -0.481 e. The fraction of sp³-hybridized carbons (Fsp3) is 0.500. The number of hydrogen-bond acceptors (Lipinski definition) is 5. The second-order valence-electron chi connectivity index (χ2n) is 3.35. The topological polar surface area (TPSA) is 105 Å². The van der Waals surface area contributed by atoms with E-state index in [-0.39, 0.29) is 12.5 Å². The maximum atomic E-state index is 11.4. The monoisotopic (exact) mass is 211 g/mol. The summed E-state index contributed by atoms with van der Waals surface area (Å²) in [6, 6.07) is 0. The Bertz CT molecular complexity index is 375. The first-order chi connectivity index (χ1) is 7.18. The Balaban J connectivity index is 1.77. The lowest BCUT2D eigenvalue weighted by molar-refractivity contribution is -0.140. The third-order valence-corrected chi connectivity index (χ3v) is 2.27. The summed E-state index contributed by atoms with van der Waals surface area (Å²) in [5.41, 5.74) is 0. The second-order valence-corrected chi connectivity index (χ2v) is 3.35. The Hall–Kier alpha value is -1.92. The lowest BCUT2D eigenvalue weighted by atomic mass is 10.3. The second kappa shape index (κ2) is 3.68. The summed E-state index contributed by atoms with van der Waals surface area (Å²) in [6.45, 7) is 0.165. The number of aromatic nitrogens is 2. The van der Waals surface area contributed by atoms with Gasteiger partial charge >= 0.3 is 5.97 Å². The number of rotatable bonds is 4. The molecule has 1 amide bonds. The van der Waals surface area contributed by atoms with Gasteiger partial charge in [-0.1, -0.05) is 5.16 Å². The van der Waals surface area contributed by atoms with Crippen molar-refractivity contribution in [1.29, 1.82) is 0 Å². The van der Waals surface area contributed by atoms with Crippen molar-refractivity contribution in [3.8, 4) is 0 Å². The molecule has 7 heteroatoms. The fourth-order valence-electron chi connectivity index (χ4n) is 1.33. The third-order valence-electron chi connectivity index (χ3n) is 2.27. The average Bonchev–Trinajstić information content (AvgIpc) is 2.85. The first-order valence-electron chi connectivity index (χ1n) is 4.44. The first kappa shape index (κ1) is 9.63. The zero-order valence-corrected chi connectivity index (χ0v) is 7.71. The van der Waals surface area contributed by atoms with Crippen LogP contribution in [0.3, 0.4) is 0 Å². The van der Waals surface area contributed by atoms with E-state index in [1.165, 1.54) is 6.39 Å². The Kier molecular flexibility index (Phi) is 2.36. The minimum absolute atomic E-state index is 0.165. The van der Waals surface area contributed by atoms with Crippen molar-refractivity contribution in [3.63, 3.8) is 0 Å². The van der Waals surface area contributed by atoms with Crippen LogP contribution in [0, 0.1) is 11.8 Å². The van der Waals surface area contributed by atoms with Crippen LogP contribution in [-0.4, -0.2) is 27.1 Å². The summed E-state index contributed by atoms with van der Waals surface area (Å²) >= 11 is 0. The summed E-state index contributed by atoms with van der Waals surface area (Å²) in [6.07, 6.45) is 1.58. The van der Waals surface area contributed by atoms with E-state index in [1.807, 2.05) is 0 Å². The van der Waals surface area contributed by atoms with Crippen LogP contribution in [0.15, 0.2) is 10.9 Å². The Morgan fingerprint density at radius 2 is 2.40 bits per heavy atom. The number of nitrogens with zero attached hydrogens (tertiary/aromatic N) is 2. The highest BCUT2D eigenvalue weighted by Crippen LogP contribution is 2.38. The van der Waals surface area contributed by atoms with Crippen molar-refractivity contribution < 1.29 is 19.2 Å². The van der Waals surface area contributed by atoms with E-state index in [4.69, 9.17) is 5.11 Å². The van der Waals surface area contributed by atoms with E-state index in [0.29, 0.717) is 12.2 Å². The molecule has 0 bridgehead atoms. The van der Waals surface area contributed by atoms with Crippen molar-refractivity contribution in [2.75, 3.05) is 0 Å². The Morgan fingerprint density at radius 1 is 1.60 bits per heavy atom. The standard InChI is InChI=1S/C8H9N3O4/c12-7(4-1-5(4)8(13)14)9-2-6-10-3-15-11-6/h3-5H,1-2H2,(H,9,12)(H,13,14)/t4-,5+/m1/s1. The molecule has 2 rings (SSSR count). The van der Waals surface area contributed by atoms with Gasteiger partial charge in [-0.25, -0.2) is 0 Å². The largest absolute Gasteiger partial charge is 0.481 e. The molecule has 0 spiro atoms. The van der Waals surface area contributed by atoms with E-state index in [9.17, 15) is 9.59 Å². The summed E-state index contributed by atoms with van der Waals surface area (Å²) < 4.78 is 4.48. The van der Waals surface area contributed by atoms with Crippen LogP contribution in [-0.2, 0) is 16.1 Å². The summed E-state index contributed by atoms with van der Waals surface area (Å²) in [7, 11) is 0. The number of amides is 1. The zero-order chi connectivity index (χ0) is 10.8. The molecule has 1 aliphatic carbocycles. The molecule has 0 aromatic carbocycles. The van der Waals surface area contributed by atoms with Crippen LogP contribution in [0.1, 0.15) is 12.2 Å². The number of aliphatic carboxylic acids is 1. The van der Waals surface area contributed by atoms with Gasteiger partial charge in [0.1, 0.15) is 0 Å². The fourth-order valence-corrected chi connectivity index (χ4v) is 1.33. The number of carboxylic acids is 1. The molecule has 2 atom stereocenters. The molecule has 7 nitrogen and oxygen atoms in total. The molecule has 1 aromatic heterocycles. The highest BCUT2D eigenvalue weighted by Gasteiger charge is 2.48. The highest BCUT2D eigenvalue weighted by atomic mass is 16.5. The van der Waals surface area contributed by atoms with Crippen LogP contribution < -0.4 is 5.32 Å². The highest BCUT2D eigenvalue weighted by molar-refractivity contribution is 5.89. The van der Waals surface area contributed by atoms with Gasteiger partial charge < -0.3 is 14.9 Å². The van der Waals surface area contributed by atoms with E-state index < -0.39 is 17.8 Å². The summed E-state index contributed by atoms with van der Waals surface area (Å²) in [5.74, 6) is -1.76. The van der Waals surface area contributed by atoms with Gasteiger partial charge in [-0.05, 0) is 6.42 Å². The number of carbonyl (C=O) groups excluding carboxylic acids is 1. The van der Waals surface area contributed by atoms with Gasteiger partial charge in [-0.3, -0.25) is 9.59 Å². The van der Waals surface area contributed by atoms with Gasteiger partial charge in [0.25, 0.3) is 0 Å². The first-order valence-corrected chi connectivity index (χ1v) is 4.44. The van der Waals surface area contributed by atoms with Gasteiger partial charge in [0.15, 0.2) is 5.82 Å². The van der Waals surface area contributed by atoms with Crippen LogP contribution in [0.5, 0.6) is 0 Å². The van der Waals surface area contributed by atoms with E-state index in [0.717, 1.165) is 0 Å². The van der Waals surface area contributed by atoms with Crippen molar-refractivity contribution in [2.45, 2.75) is 13.0 Å². The van der Waals surface area contributed by atoms with E-state index in [2.05, 4.69) is 20.0 Å². The molecule has 1 fully saturated rings. The molecule has 1 saturated carbocycles. The molecular weight excluding hydrogens is 202 g/mol. The molecule has 0 saturated heterocycles. The van der Waals surface area contributed by atoms with Crippen LogP contribution in [0.25, 0.3) is 0 Å². The van der Waals surface area contributed by atoms with Crippen molar-refractivity contribution in [3.05, 3.63) is 12.2 Å². The van der Waals surface area contributed by atoms with Crippen LogP contribution >= 0.6 is 0 Å². The number of hydrogen-bond donors (Lipinski definition) is 2. The molecule has 2 N–H and O–H groups in total. The molecule has 1 heterocycles. The van der Waals surface area contributed by atoms with Gasteiger partial charge in [0.2, 0.25) is 12.3 Å². The van der Waals surface area contributed by atoms with Crippen molar-refractivity contribution in [2.24, 2.45) is 11.8 Å². The number of carboxylic acid groups (broad SMARTS) is 1. The van der Waals surface area contributed by atoms with Crippen molar-refractivity contribution in [1.82, 2.24) is 15.5 Å². The maximum Gasteiger partial charge on any atom is 0.307 e. The quantitative estimate of drug-likeness (QED) is 0.689. The Labute approximate surface area is 84.5 Å². The predicted octanol–water partition coefficient (Wildman–Crippen LogP) is -0.594. The third kappa shape index (κ3) is 2.12. The zero-order valence-electron chi connectivity index (χ0n) is 7.71. The van der Waals surface area contributed by atoms with Crippen LogP contribution in [0.4, 0.5) is 0 Å². The minimum atomic E-state index is -0.922. The van der Waals surface area contributed by atoms with Gasteiger partial charge in [-0.15, -0.1) is 0 Å². The lowest BCUT2D eigenvalue weighted by Gasteiger charge is -1.99. The van der Waals surface area contributed by atoms with Gasteiger partial charge in [0, 0.05) is 0 Å². The van der Waals surface area contributed by atoms with Gasteiger partial charge in [0.05, 0.1) is 18.4 Å². The maximum absolute atomic E-state index is 11.4. The summed E-state index contributed by atoms with van der Waals surface area (Å²) in [5, 5.41) is 14.7. The molecule has 15 heavy (non-hydrogen) atoms. The molecule has 0 aliphatic heterocycles. The normalized spacial score (nSPS) is 23.5. The molecule has 0 radical (unpaired) electrons. The van der Waals surface area contributed by atoms with E-state index in [1.54, 1.807) is 0 Å². The molecular formula is C8H9N3O4. The summed E-state index contributed by atoms with van der Waals surface area (Å²) in [4.78, 5) is 25.6. The smallest absolute Gasteiger partial charge is 0.307 e. The molecule has 0 unspecified atom stereocenters. The molecule has 80 valence electrons. The SMILES string of the molecule is O=C(O)[C@H]1C[C@H]1C(=O)NCc1ncon1. The predicted molar refractivity (Wildman–Crippen MR) is 45.4 cm³/mol. The van der Waals surface area contributed by atoms with Crippen LogP contribution in [0.2, 0.25) is 0 Å². The van der Waals surface area contributed by atoms with Gasteiger partial charge in [-0.2, -0.15) is 4.98 Å². The molecule has 1 aliphatic rings. The lowest BCUT2D eigenvalue weighted by Crippen LogP contribution is -2.26. The average molecular weight is 211 g/mol. The Morgan fingerprint density at radius 3 is 2.93 bits per heavy atom. The van der Waals surface area contributed by atoms with Crippen molar-refractivity contribution >= 4 is 11.9 Å².